The van der Waals surface area contributed by atoms with Gasteiger partial charge in [-0.15, -0.1) is 0 Å². The SMILES string of the molecule is O=C(O)[C@@H]1CN(C(=O)NC2CCC(C(F)F)CC2)C[C@H]1C(F)(F)F. The van der Waals surface area contributed by atoms with E-state index in [1.54, 1.807) is 0 Å². The van der Waals surface area contributed by atoms with E-state index in [0.29, 0.717) is 12.8 Å². The molecule has 1 saturated heterocycles. The number of carboxylic acids is 1. The number of hydrogen-bond donors (Lipinski definition) is 2. The van der Waals surface area contributed by atoms with Crippen LogP contribution in [0, 0.1) is 17.8 Å². The maximum Gasteiger partial charge on any atom is 0.394 e. The van der Waals surface area contributed by atoms with Crippen LogP contribution >= 0.6 is 0 Å². The predicted molar refractivity (Wildman–Crippen MR) is 72.5 cm³/mol. The van der Waals surface area contributed by atoms with Gasteiger partial charge in [0, 0.05) is 25.0 Å². The van der Waals surface area contributed by atoms with E-state index < -0.39 is 55.4 Å². The van der Waals surface area contributed by atoms with Gasteiger partial charge in [-0.05, 0) is 25.7 Å². The maximum absolute atomic E-state index is 12.9. The van der Waals surface area contributed by atoms with Gasteiger partial charge in [-0.25, -0.2) is 13.6 Å². The monoisotopic (exact) mass is 358 g/mol. The second kappa shape index (κ2) is 7.10. The van der Waals surface area contributed by atoms with Crippen LogP contribution in [0.1, 0.15) is 25.7 Å². The van der Waals surface area contributed by atoms with Crippen molar-refractivity contribution in [3.63, 3.8) is 0 Å². The molecule has 138 valence electrons. The molecule has 0 unspecified atom stereocenters. The molecule has 1 heterocycles. The van der Waals surface area contributed by atoms with E-state index in [9.17, 15) is 31.5 Å². The summed E-state index contributed by atoms with van der Waals surface area (Å²) >= 11 is 0. The highest BCUT2D eigenvalue weighted by atomic mass is 19.4. The number of hydrogen-bond acceptors (Lipinski definition) is 2. The van der Waals surface area contributed by atoms with Crippen molar-refractivity contribution in [2.75, 3.05) is 13.1 Å². The summed E-state index contributed by atoms with van der Waals surface area (Å²) in [7, 11) is 0. The Hall–Kier alpha value is -1.61. The topological polar surface area (TPSA) is 69.6 Å². The number of nitrogens with zero attached hydrogens (tertiary/aromatic N) is 1. The predicted octanol–water partition coefficient (Wildman–Crippen LogP) is 2.71. The van der Waals surface area contributed by atoms with Crippen molar-refractivity contribution < 1.29 is 36.6 Å². The highest BCUT2D eigenvalue weighted by Crippen LogP contribution is 2.38. The zero-order chi connectivity index (χ0) is 18.1. The van der Waals surface area contributed by atoms with Gasteiger partial charge in [0.25, 0.3) is 0 Å². The normalized spacial score (nSPS) is 31.3. The molecule has 2 atom stereocenters. The molecule has 2 N–H and O–H groups in total. The molecule has 0 aromatic carbocycles. The van der Waals surface area contributed by atoms with Gasteiger partial charge in [0.1, 0.15) is 0 Å². The lowest BCUT2D eigenvalue weighted by molar-refractivity contribution is -0.187. The zero-order valence-electron chi connectivity index (χ0n) is 12.7. The molecular weight excluding hydrogens is 339 g/mol. The average Bonchev–Trinajstić information content (AvgIpc) is 2.93. The van der Waals surface area contributed by atoms with Crippen molar-refractivity contribution in [2.45, 2.75) is 44.3 Å². The Morgan fingerprint density at radius 2 is 1.67 bits per heavy atom. The van der Waals surface area contributed by atoms with Crippen LogP contribution in [0.25, 0.3) is 0 Å². The first-order valence-electron chi connectivity index (χ1n) is 7.72. The van der Waals surface area contributed by atoms with Crippen LogP contribution in [-0.2, 0) is 4.79 Å². The fourth-order valence-corrected chi connectivity index (χ4v) is 3.33. The Morgan fingerprint density at radius 1 is 1.08 bits per heavy atom. The van der Waals surface area contributed by atoms with Gasteiger partial charge in [0.05, 0.1) is 11.8 Å². The number of urea groups is 1. The van der Waals surface area contributed by atoms with Crippen LogP contribution in [0.5, 0.6) is 0 Å². The number of alkyl halides is 5. The number of carboxylic acid groups (broad SMARTS) is 1. The first-order valence-corrected chi connectivity index (χ1v) is 7.72. The van der Waals surface area contributed by atoms with Crippen molar-refractivity contribution in [2.24, 2.45) is 17.8 Å². The van der Waals surface area contributed by atoms with Gasteiger partial charge < -0.3 is 15.3 Å². The highest BCUT2D eigenvalue weighted by molar-refractivity contribution is 5.78. The van der Waals surface area contributed by atoms with E-state index >= 15 is 0 Å². The van der Waals surface area contributed by atoms with Gasteiger partial charge >= 0.3 is 18.2 Å². The summed E-state index contributed by atoms with van der Waals surface area (Å²) in [6.07, 6.45) is -5.96. The van der Waals surface area contributed by atoms with Crippen LogP contribution < -0.4 is 5.32 Å². The number of aliphatic carboxylic acids is 1. The fraction of sp³-hybridized carbons (Fsp3) is 0.857. The summed E-state index contributed by atoms with van der Waals surface area (Å²) in [6, 6.07) is -1.14. The number of nitrogens with one attached hydrogen (secondary N) is 1. The number of halogens is 5. The van der Waals surface area contributed by atoms with Crippen LogP contribution in [0.2, 0.25) is 0 Å². The Kier molecular flexibility index (Phi) is 5.54. The minimum absolute atomic E-state index is 0.242. The summed E-state index contributed by atoms with van der Waals surface area (Å²) in [6.45, 7) is -1.23. The molecule has 2 fully saturated rings. The summed E-state index contributed by atoms with van der Waals surface area (Å²) in [5.41, 5.74) is 0. The fourth-order valence-electron chi connectivity index (χ4n) is 3.33. The number of rotatable bonds is 3. The van der Waals surface area contributed by atoms with Crippen molar-refractivity contribution in [1.29, 1.82) is 0 Å². The van der Waals surface area contributed by atoms with Crippen LogP contribution in [0.15, 0.2) is 0 Å². The lowest BCUT2D eigenvalue weighted by Gasteiger charge is -2.30. The van der Waals surface area contributed by atoms with Crippen LogP contribution in [-0.4, -0.2) is 53.7 Å². The highest BCUT2D eigenvalue weighted by Gasteiger charge is 2.53. The van der Waals surface area contributed by atoms with Crippen LogP contribution in [0.3, 0.4) is 0 Å². The van der Waals surface area contributed by atoms with E-state index in [2.05, 4.69) is 5.32 Å². The van der Waals surface area contributed by atoms with Gasteiger partial charge in [-0.3, -0.25) is 4.79 Å². The summed E-state index contributed by atoms with van der Waals surface area (Å²) in [5.74, 6) is -6.10. The molecule has 0 aromatic rings. The third-order valence-electron chi connectivity index (χ3n) is 4.80. The van der Waals surface area contributed by atoms with E-state index in [-0.39, 0.29) is 18.9 Å². The van der Waals surface area contributed by atoms with Crippen LogP contribution in [0.4, 0.5) is 26.7 Å². The van der Waals surface area contributed by atoms with Gasteiger partial charge in [0.2, 0.25) is 6.43 Å². The van der Waals surface area contributed by atoms with Gasteiger partial charge in [-0.2, -0.15) is 13.2 Å². The molecule has 10 heteroatoms. The molecule has 1 aliphatic heterocycles. The molecule has 1 saturated carbocycles. The Morgan fingerprint density at radius 3 is 2.08 bits per heavy atom. The lowest BCUT2D eigenvalue weighted by atomic mass is 9.86. The molecule has 1 aliphatic carbocycles. The largest absolute Gasteiger partial charge is 0.481 e. The molecule has 2 rings (SSSR count). The molecule has 5 nitrogen and oxygen atoms in total. The molecule has 24 heavy (non-hydrogen) atoms. The van der Waals surface area contributed by atoms with E-state index in [1.165, 1.54) is 0 Å². The van der Waals surface area contributed by atoms with Crippen molar-refractivity contribution in [3.05, 3.63) is 0 Å². The van der Waals surface area contributed by atoms with E-state index in [1.807, 2.05) is 0 Å². The molecule has 0 radical (unpaired) electrons. The summed E-state index contributed by atoms with van der Waals surface area (Å²) in [4.78, 5) is 23.9. The standard InChI is InChI=1S/C14H19F5N2O3/c15-11(16)7-1-3-8(4-2-7)20-13(24)21-5-9(12(22)23)10(6-21)14(17,18)19/h7-11H,1-6H2,(H,20,24)(H,22,23)/t7?,8?,9-,10-/m1/s1. The zero-order valence-corrected chi connectivity index (χ0v) is 12.7. The number of amides is 2. The smallest absolute Gasteiger partial charge is 0.394 e. The van der Waals surface area contributed by atoms with Crippen molar-refractivity contribution in [3.8, 4) is 0 Å². The molecular formula is C14H19F5N2O3. The Bertz CT molecular complexity index is 478. The summed E-state index contributed by atoms with van der Waals surface area (Å²) < 4.78 is 63.8. The third kappa shape index (κ3) is 4.27. The molecule has 2 aliphatic rings. The van der Waals surface area contributed by atoms with E-state index in [4.69, 9.17) is 5.11 Å². The average molecular weight is 358 g/mol. The lowest BCUT2D eigenvalue weighted by Crippen LogP contribution is -2.46. The molecule has 0 bridgehead atoms. The Labute approximate surface area is 135 Å². The minimum Gasteiger partial charge on any atom is -0.481 e. The molecule has 2 amide bonds. The van der Waals surface area contributed by atoms with Crippen molar-refractivity contribution >= 4 is 12.0 Å². The van der Waals surface area contributed by atoms with Gasteiger partial charge in [-0.1, -0.05) is 0 Å². The number of likely N-dealkylation sites (tertiary alicyclic amines) is 1. The minimum atomic E-state index is -4.70. The maximum atomic E-state index is 12.9. The first kappa shape index (κ1) is 18.7. The Balaban J connectivity index is 1.90. The first-order chi connectivity index (χ1) is 11.1. The van der Waals surface area contributed by atoms with E-state index in [0.717, 1.165) is 4.90 Å². The second-order valence-corrected chi connectivity index (χ2v) is 6.39. The third-order valence-corrected chi connectivity index (χ3v) is 4.80. The quantitative estimate of drug-likeness (QED) is 0.762. The van der Waals surface area contributed by atoms with Crippen molar-refractivity contribution in [1.82, 2.24) is 10.2 Å². The molecule has 0 spiro atoms. The number of carbonyl (C=O) groups excluding carboxylic acids is 1. The van der Waals surface area contributed by atoms with Gasteiger partial charge in [0.15, 0.2) is 0 Å². The summed E-state index contributed by atoms with van der Waals surface area (Å²) in [5, 5.41) is 11.5. The number of carbonyl (C=O) groups is 2. The second-order valence-electron chi connectivity index (χ2n) is 6.39. The molecule has 0 aromatic heterocycles.